The van der Waals surface area contributed by atoms with E-state index in [4.69, 9.17) is 9.47 Å². The van der Waals surface area contributed by atoms with Crippen molar-refractivity contribution >= 4 is 17.2 Å². The SMILES string of the molecule is O=C(c1cccs1)N1CCO[C@@H]2C[C@H](COc3ccccn3)C[C@H]21. The first-order valence-electron chi connectivity index (χ1n) is 8.31. The highest BCUT2D eigenvalue weighted by Crippen LogP contribution is 2.35. The number of ether oxygens (including phenoxy) is 2. The summed E-state index contributed by atoms with van der Waals surface area (Å²) in [5, 5.41) is 1.95. The molecule has 0 radical (unpaired) electrons. The number of amides is 1. The van der Waals surface area contributed by atoms with Crippen LogP contribution in [0.4, 0.5) is 0 Å². The van der Waals surface area contributed by atoms with Gasteiger partial charge in [0, 0.05) is 18.8 Å². The lowest BCUT2D eigenvalue weighted by Crippen LogP contribution is -2.51. The third-order valence-corrected chi connectivity index (χ3v) is 5.59. The molecule has 1 aliphatic carbocycles. The van der Waals surface area contributed by atoms with Crippen molar-refractivity contribution in [2.24, 2.45) is 5.92 Å². The number of thiophene rings is 1. The van der Waals surface area contributed by atoms with Crippen LogP contribution in [0.3, 0.4) is 0 Å². The summed E-state index contributed by atoms with van der Waals surface area (Å²) in [6, 6.07) is 9.64. The van der Waals surface area contributed by atoms with Crippen molar-refractivity contribution in [2.75, 3.05) is 19.8 Å². The van der Waals surface area contributed by atoms with Crippen LogP contribution in [-0.2, 0) is 4.74 Å². The Morgan fingerprint density at radius 3 is 3.08 bits per heavy atom. The van der Waals surface area contributed by atoms with Gasteiger partial charge < -0.3 is 14.4 Å². The second-order valence-electron chi connectivity index (χ2n) is 6.27. The first kappa shape index (κ1) is 15.6. The van der Waals surface area contributed by atoms with Gasteiger partial charge in [0.05, 0.1) is 30.2 Å². The smallest absolute Gasteiger partial charge is 0.264 e. The fraction of sp³-hybridized carbons (Fsp3) is 0.444. The molecule has 2 aromatic heterocycles. The molecule has 0 unspecified atom stereocenters. The largest absolute Gasteiger partial charge is 0.477 e. The van der Waals surface area contributed by atoms with Crippen LogP contribution < -0.4 is 4.74 Å². The maximum absolute atomic E-state index is 12.7. The van der Waals surface area contributed by atoms with Gasteiger partial charge in [-0.2, -0.15) is 0 Å². The van der Waals surface area contributed by atoms with Gasteiger partial charge in [0.1, 0.15) is 0 Å². The molecule has 0 N–H and O–H groups in total. The molecule has 0 aromatic carbocycles. The predicted octanol–water partition coefficient (Wildman–Crippen LogP) is 2.84. The summed E-state index contributed by atoms with van der Waals surface area (Å²) in [4.78, 5) is 19.7. The number of fused-ring (bicyclic) bond motifs is 1. The van der Waals surface area contributed by atoms with E-state index >= 15 is 0 Å². The molecular weight excluding hydrogens is 324 g/mol. The first-order chi connectivity index (χ1) is 11.8. The van der Waals surface area contributed by atoms with Crippen LogP contribution in [0.5, 0.6) is 5.88 Å². The molecule has 0 spiro atoms. The van der Waals surface area contributed by atoms with Gasteiger partial charge in [-0.15, -0.1) is 11.3 Å². The van der Waals surface area contributed by atoms with Crippen LogP contribution in [0, 0.1) is 5.92 Å². The van der Waals surface area contributed by atoms with E-state index in [1.165, 1.54) is 11.3 Å². The monoisotopic (exact) mass is 344 g/mol. The second kappa shape index (κ2) is 6.91. The van der Waals surface area contributed by atoms with Crippen molar-refractivity contribution in [1.29, 1.82) is 0 Å². The van der Waals surface area contributed by atoms with E-state index < -0.39 is 0 Å². The van der Waals surface area contributed by atoms with Crippen LogP contribution in [-0.4, -0.2) is 47.7 Å². The van der Waals surface area contributed by atoms with Crippen molar-refractivity contribution in [1.82, 2.24) is 9.88 Å². The molecule has 1 aliphatic heterocycles. The van der Waals surface area contributed by atoms with Crippen molar-refractivity contribution in [3.8, 4) is 5.88 Å². The number of pyridine rings is 1. The fourth-order valence-electron chi connectivity index (χ4n) is 3.62. The molecule has 2 aromatic rings. The summed E-state index contributed by atoms with van der Waals surface area (Å²) in [5.74, 6) is 1.17. The summed E-state index contributed by atoms with van der Waals surface area (Å²) >= 11 is 1.50. The molecule has 126 valence electrons. The zero-order valence-corrected chi connectivity index (χ0v) is 14.2. The molecular formula is C18H20N2O3S. The van der Waals surface area contributed by atoms with Crippen LogP contribution >= 0.6 is 11.3 Å². The summed E-state index contributed by atoms with van der Waals surface area (Å²) < 4.78 is 11.7. The Morgan fingerprint density at radius 2 is 2.29 bits per heavy atom. The van der Waals surface area contributed by atoms with Crippen molar-refractivity contribution in [2.45, 2.75) is 25.0 Å². The lowest BCUT2D eigenvalue weighted by molar-refractivity contribution is -0.0447. The van der Waals surface area contributed by atoms with Crippen LogP contribution in [0.2, 0.25) is 0 Å². The van der Waals surface area contributed by atoms with Gasteiger partial charge in [-0.05, 0) is 36.3 Å². The van der Waals surface area contributed by atoms with Gasteiger partial charge >= 0.3 is 0 Å². The molecule has 6 heteroatoms. The molecule has 2 fully saturated rings. The van der Waals surface area contributed by atoms with Crippen LogP contribution in [0.25, 0.3) is 0 Å². The van der Waals surface area contributed by atoms with E-state index in [0.717, 1.165) is 17.7 Å². The highest BCUT2D eigenvalue weighted by atomic mass is 32.1. The molecule has 3 atom stereocenters. The van der Waals surface area contributed by atoms with E-state index in [9.17, 15) is 4.79 Å². The minimum absolute atomic E-state index is 0.125. The third kappa shape index (κ3) is 3.16. The van der Waals surface area contributed by atoms with Crippen molar-refractivity contribution < 1.29 is 14.3 Å². The highest BCUT2D eigenvalue weighted by Gasteiger charge is 2.43. The maximum atomic E-state index is 12.7. The fourth-order valence-corrected chi connectivity index (χ4v) is 4.30. The molecule has 5 nitrogen and oxygen atoms in total. The number of hydrogen-bond acceptors (Lipinski definition) is 5. The normalized spacial score (nSPS) is 26.2. The number of rotatable bonds is 4. The Labute approximate surface area is 145 Å². The minimum atomic E-state index is 0.125. The third-order valence-electron chi connectivity index (χ3n) is 4.73. The topological polar surface area (TPSA) is 51.7 Å². The number of nitrogens with zero attached hydrogens (tertiary/aromatic N) is 2. The van der Waals surface area contributed by atoms with Crippen molar-refractivity contribution in [3.63, 3.8) is 0 Å². The van der Waals surface area contributed by atoms with Crippen LogP contribution in [0.15, 0.2) is 41.9 Å². The summed E-state index contributed by atoms with van der Waals surface area (Å²) in [6.07, 6.45) is 3.72. The summed E-state index contributed by atoms with van der Waals surface area (Å²) in [7, 11) is 0. The lowest BCUT2D eigenvalue weighted by atomic mass is 10.1. The quantitative estimate of drug-likeness (QED) is 0.856. The van der Waals surface area contributed by atoms with Gasteiger partial charge in [0.15, 0.2) is 0 Å². The van der Waals surface area contributed by atoms with Crippen LogP contribution in [0.1, 0.15) is 22.5 Å². The number of carbonyl (C=O) groups excluding carboxylic acids is 1. The van der Waals surface area contributed by atoms with E-state index in [-0.39, 0.29) is 18.1 Å². The number of aromatic nitrogens is 1. The molecule has 3 heterocycles. The molecule has 1 saturated carbocycles. The molecule has 2 aliphatic rings. The minimum Gasteiger partial charge on any atom is -0.477 e. The average Bonchev–Trinajstić information content (AvgIpc) is 3.29. The lowest BCUT2D eigenvalue weighted by Gasteiger charge is -2.37. The van der Waals surface area contributed by atoms with Gasteiger partial charge in [0.2, 0.25) is 5.88 Å². The van der Waals surface area contributed by atoms with Gasteiger partial charge in [-0.1, -0.05) is 12.1 Å². The zero-order chi connectivity index (χ0) is 16.4. The maximum Gasteiger partial charge on any atom is 0.264 e. The standard InChI is InChI=1S/C18H20N2O3S/c21-18(16-4-3-9-24-16)20-7-8-22-15-11-13(10-14(15)20)12-23-17-5-1-2-6-19-17/h1-6,9,13-15H,7-8,10-12H2/t13-,14-,15-/m1/s1. The Hall–Kier alpha value is -1.92. The second-order valence-corrected chi connectivity index (χ2v) is 7.22. The number of carbonyl (C=O) groups is 1. The molecule has 24 heavy (non-hydrogen) atoms. The zero-order valence-electron chi connectivity index (χ0n) is 13.3. The van der Waals surface area contributed by atoms with E-state index in [1.54, 1.807) is 6.20 Å². The molecule has 1 saturated heterocycles. The first-order valence-corrected chi connectivity index (χ1v) is 9.19. The Morgan fingerprint density at radius 1 is 1.33 bits per heavy atom. The predicted molar refractivity (Wildman–Crippen MR) is 91.3 cm³/mol. The van der Waals surface area contributed by atoms with Gasteiger partial charge in [-0.25, -0.2) is 4.98 Å². The average molecular weight is 344 g/mol. The summed E-state index contributed by atoms with van der Waals surface area (Å²) in [5.41, 5.74) is 0. The van der Waals surface area contributed by atoms with E-state index in [2.05, 4.69) is 4.98 Å². The number of morpholine rings is 1. The van der Waals surface area contributed by atoms with Gasteiger partial charge in [0.25, 0.3) is 5.91 Å². The molecule has 1 amide bonds. The Bertz CT molecular complexity index is 677. The van der Waals surface area contributed by atoms with Gasteiger partial charge in [-0.3, -0.25) is 4.79 Å². The Kier molecular flexibility index (Phi) is 4.49. The van der Waals surface area contributed by atoms with E-state index in [0.29, 0.717) is 31.6 Å². The highest BCUT2D eigenvalue weighted by molar-refractivity contribution is 7.12. The Balaban J connectivity index is 1.40. The van der Waals surface area contributed by atoms with Crippen molar-refractivity contribution in [3.05, 3.63) is 46.8 Å². The van der Waals surface area contributed by atoms with E-state index in [1.807, 2.05) is 40.6 Å². The molecule has 0 bridgehead atoms. The number of hydrogen-bond donors (Lipinski definition) is 0. The molecule has 4 rings (SSSR count). The summed E-state index contributed by atoms with van der Waals surface area (Å²) in [6.45, 7) is 1.91.